The van der Waals surface area contributed by atoms with Gasteiger partial charge in [0.2, 0.25) is 0 Å². The van der Waals surface area contributed by atoms with Crippen molar-refractivity contribution >= 4 is 5.82 Å². The molecule has 1 aromatic carbocycles. The Morgan fingerprint density at radius 2 is 1.75 bits per heavy atom. The normalized spacial score (nSPS) is 11.0. The van der Waals surface area contributed by atoms with Gasteiger partial charge < -0.3 is 10.7 Å². The molecule has 9 heteroatoms. The Hall–Kier alpha value is -3.33. The molecular formula is C15H8F4N4O. The lowest BCUT2D eigenvalue weighted by molar-refractivity contribution is -0.138. The number of hydrogen-bond donors (Lipinski definition) is 2. The molecule has 1 heterocycles. The van der Waals surface area contributed by atoms with Gasteiger partial charge in [-0.15, -0.1) is 0 Å². The number of nitrogens with two attached hydrogens (primary N) is 1. The van der Waals surface area contributed by atoms with Crippen LogP contribution in [0.2, 0.25) is 0 Å². The number of nitrogens with one attached hydrogen (secondary N) is 1. The first-order chi connectivity index (χ1) is 11.1. The number of nitriles is 2. The molecule has 122 valence electrons. The van der Waals surface area contributed by atoms with Crippen LogP contribution in [0.5, 0.6) is 0 Å². The minimum Gasteiger partial charge on any atom is -0.384 e. The Kier molecular flexibility index (Phi) is 4.05. The van der Waals surface area contributed by atoms with Crippen molar-refractivity contribution < 1.29 is 17.6 Å². The van der Waals surface area contributed by atoms with Crippen LogP contribution < -0.4 is 11.3 Å². The number of anilines is 1. The van der Waals surface area contributed by atoms with Crippen LogP contribution in [0, 0.1) is 35.4 Å². The maximum absolute atomic E-state index is 14.3. The third-order valence-electron chi connectivity index (χ3n) is 3.36. The van der Waals surface area contributed by atoms with Crippen molar-refractivity contribution in [3.05, 3.63) is 50.6 Å². The van der Waals surface area contributed by atoms with Crippen molar-refractivity contribution in [1.29, 1.82) is 10.5 Å². The van der Waals surface area contributed by atoms with Gasteiger partial charge in [0.25, 0.3) is 5.56 Å². The van der Waals surface area contributed by atoms with Gasteiger partial charge in [-0.3, -0.25) is 4.79 Å². The first-order valence-corrected chi connectivity index (χ1v) is 6.35. The third-order valence-corrected chi connectivity index (χ3v) is 3.36. The number of H-pyrrole nitrogens is 1. The van der Waals surface area contributed by atoms with Crippen LogP contribution in [0.25, 0.3) is 11.1 Å². The lowest BCUT2D eigenvalue weighted by Gasteiger charge is -2.14. The number of halogens is 4. The molecule has 24 heavy (non-hydrogen) atoms. The molecule has 0 spiro atoms. The summed E-state index contributed by atoms with van der Waals surface area (Å²) in [4.78, 5) is 13.8. The molecule has 0 aliphatic carbocycles. The number of rotatable bonds is 1. The fraction of sp³-hybridized carbons (Fsp3) is 0.133. The minimum absolute atomic E-state index is 0.254. The molecular weight excluding hydrogens is 328 g/mol. The highest BCUT2D eigenvalue weighted by Gasteiger charge is 2.34. The Morgan fingerprint density at radius 1 is 1.17 bits per heavy atom. The van der Waals surface area contributed by atoms with Crippen molar-refractivity contribution in [3.8, 4) is 23.3 Å². The average Bonchev–Trinajstić information content (AvgIpc) is 2.47. The maximum atomic E-state index is 14.3. The van der Waals surface area contributed by atoms with Gasteiger partial charge >= 0.3 is 6.18 Å². The van der Waals surface area contributed by atoms with Gasteiger partial charge in [-0.2, -0.15) is 23.7 Å². The highest BCUT2D eigenvalue weighted by atomic mass is 19.4. The predicted molar refractivity (Wildman–Crippen MR) is 76.0 cm³/mol. The number of nitrogen functional groups attached to an aromatic ring is 1. The number of aromatic amines is 1. The third kappa shape index (κ3) is 2.68. The molecule has 0 atom stereocenters. The van der Waals surface area contributed by atoms with Crippen LogP contribution in [0.3, 0.4) is 0 Å². The summed E-state index contributed by atoms with van der Waals surface area (Å²) in [5.74, 6) is -1.74. The zero-order valence-electron chi connectivity index (χ0n) is 12.0. The summed E-state index contributed by atoms with van der Waals surface area (Å²) in [6.07, 6.45) is -4.77. The molecule has 0 bridgehead atoms. The summed E-state index contributed by atoms with van der Waals surface area (Å²) in [7, 11) is 0. The van der Waals surface area contributed by atoms with Gasteiger partial charge in [-0.25, -0.2) is 4.39 Å². The van der Waals surface area contributed by atoms with Gasteiger partial charge in [0.1, 0.15) is 34.9 Å². The maximum Gasteiger partial charge on any atom is 0.416 e. The number of hydrogen-bond acceptors (Lipinski definition) is 4. The first kappa shape index (κ1) is 17.0. The second-order valence-corrected chi connectivity index (χ2v) is 4.86. The molecule has 0 saturated heterocycles. The van der Waals surface area contributed by atoms with Gasteiger partial charge in [0.05, 0.1) is 5.56 Å². The van der Waals surface area contributed by atoms with E-state index in [1.165, 1.54) is 6.07 Å². The molecule has 0 radical (unpaired) electrons. The van der Waals surface area contributed by atoms with Crippen molar-refractivity contribution in [3.63, 3.8) is 0 Å². The van der Waals surface area contributed by atoms with Crippen molar-refractivity contribution in [1.82, 2.24) is 4.98 Å². The van der Waals surface area contributed by atoms with Crippen LogP contribution in [0.15, 0.2) is 16.9 Å². The molecule has 1 aromatic heterocycles. The molecule has 0 aliphatic rings. The zero-order valence-corrected chi connectivity index (χ0v) is 12.0. The number of nitrogens with zero attached hydrogens (tertiary/aromatic N) is 2. The van der Waals surface area contributed by atoms with Crippen molar-refractivity contribution in [2.75, 3.05) is 5.73 Å². The standard InChI is InChI=1S/C15H8F4N4O/c1-6-2-7(11(16)3-10(6)15(17,18)19)12-8(4-20)13(22)23-14(24)9(12)5-21/h2-3H,1H3,(H3,22,23,24). The minimum atomic E-state index is -4.77. The molecule has 0 fully saturated rings. The molecule has 0 unspecified atom stereocenters. The summed E-state index contributed by atoms with van der Waals surface area (Å²) < 4.78 is 52.8. The van der Waals surface area contributed by atoms with E-state index in [-0.39, 0.29) is 11.6 Å². The summed E-state index contributed by atoms with van der Waals surface area (Å²) in [5, 5.41) is 18.2. The van der Waals surface area contributed by atoms with Gasteiger partial charge in [0, 0.05) is 11.1 Å². The van der Waals surface area contributed by atoms with Gasteiger partial charge in [-0.1, -0.05) is 0 Å². The molecule has 0 aliphatic heterocycles. The van der Waals surface area contributed by atoms with E-state index in [1.807, 2.05) is 0 Å². The Bertz CT molecular complexity index is 977. The topological polar surface area (TPSA) is 106 Å². The fourth-order valence-corrected chi connectivity index (χ4v) is 2.29. The van der Waals surface area contributed by atoms with Gasteiger partial charge in [-0.05, 0) is 24.6 Å². The summed E-state index contributed by atoms with van der Waals surface area (Å²) >= 11 is 0. The lowest BCUT2D eigenvalue weighted by Crippen LogP contribution is -2.17. The smallest absolute Gasteiger partial charge is 0.384 e. The SMILES string of the molecule is Cc1cc(-c2c(C#N)c(N)[nH]c(=O)c2C#N)c(F)cc1C(F)(F)F. The van der Waals surface area contributed by atoms with Crippen LogP contribution >= 0.6 is 0 Å². The zero-order chi connectivity index (χ0) is 18.2. The average molecular weight is 336 g/mol. The lowest BCUT2D eigenvalue weighted by atomic mass is 9.93. The highest BCUT2D eigenvalue weighted by molar-refractivity contribution is 5.81. The monoisotopic (exact) mass is 336 g/mol. The number of pyridine rings is 1. The van der Waals surface area contributed by atoms with E-state index in [4.69, 9.17) is 16.3 Å². The Labute approximate surface area is 132 Å². The largest absolute Gasteiger partial charge is 0.416 e. The van der Waals surface area contributed by atoms with Crippen LogP contribution in [0.1, 0.15) is 22.3 Å². The molecule has 2 rings (SSSR count). The van der Waals surface area contributed by atoms with E-state index in [2.05, 4.69) is 4.98 Å². The summed E-state index contributed by atoms with van der Waals surface area (Å²) in [6, 6.07) is 4.22. The van der Waals surface area contributed by atoms with E-state index in [0.29, 0.717) is 0 Å². The second-order valence-electron chi connectivity index (χ2n) is 4.86. The quantitative estimate of drug-likeness (QED) is 0.781. The number of aryl methyl sites for hydroxylation is 1. The van der Waals surface area contributed by atoms with Gasteiger partial charge in [0.15, 0.2) is 0 Å². The Balaban J connectivity index is 2.94. The van der Waals surface area contributed by atoms with Crippen molar-refractivity contribution in [2.45, 2.75) is 13.1 Å². The molecule has 0 amide bonds. The van der Waals surface area contributed by atoms with E-state index in [1.54, 1.807) is 6.07 Å². The number of benzene rings is 1. The summed E-state index contributed by atoms with van der Waals surface area (Å²) in [6.45, 7) is 1.10. The molecule has 0 saturated carbocycles. The fourth-order valence-electron chi connectivity index (χ4n) is 2.29. The van der Waals surface area contributed by atoms with Crippen LogP contribution in [0.4, 0.5) is 23.4 Å². The second kappa shape index (κ2) is 5.70. The highest BCUT2D eigenvalue weighted by Crippen LogP contribution is 2.37. The molecule has 3 N–H and O–H groups in total. The first-order valence-electron chi connectivity index (χ1n) is 6.35. The van der Waals surface area contributed by atoms with E-state index in [0.717, 1.165) is 13.0 Å². The number of alkyl halides is 3. The van der Waals surface area contributed by atoms with E-state index < -0.39 is 51.2 Å². The predicted octanol–water partition coefficient (Wildman–Crippen LogP) is 2.83. The van der Waals surface area contributed by atoms with E-state index >= 15 is 0 Å². The Morgan fingerprint density at radius 3 is 2.25 bits per heavy atom. The molecule has 2 aromatic rings. The van der Waals surface area contributed by atoms with Crippen LogP contribution in [-0.2, 0) is 6.18 Å². The molecule has 5 nitrogen and oxygen atoms in total. The number of aromatic nitrogens is 1. The van der Waals surface area contributed by atoms with E-state index in [9.17, 15) is 22.4 Å². The van der Waals surface area contributed by atoms with Crippen LogP contribution in [-0.4, -0.2) is 4.98 Å². The summed E-state index contributed by atoms with van der Waals surface area (Å²) in [5.41, 5.74) is 1.07. The van der Waals surface area contributed by atoms with Crippen molar-refractivity contribution in [2.24, 2.45) is 0 Å².